The third-order valence-corrected chi connectivity index (χ3v) is 5.41. The Hall–Kier alpha value is -0.920. The van der Waals surface area contributed by atoms with Crippen molar-refractivity contribution in [3.63, 3.8) is 0 Å². The van der Waals surface area contributed by atoms with E-state index in [-0.39, 0.29) is 17.6 Å². The van der Waals surface area contributed by atoms with E-state index in [1.54, 1.807) is 6.92 Å². The largest absolute Gasteiger partial charge is 0.326 e. The molecule has 0 radical (unpaired) electrons. The smallest absolute Gasteiger partial charge is 0.260 e. The molecule has 0 atom stereocenters. The van der Waals surface area contributed by atoms with Crippen LogP contribution < -0.4 is 10.5 Å². The number of aryl methyl sites for hydroxylation is 1. The predicted octanol–water partition coefficient (Wildman–Crippen LogP) is 1.57. The van der Waals surface area contributed by atoms with Crippen LogP contribution >= 0.6 is 0 Å². The predicted molar refractivity (Wildman–Crippen MR) is 77.6 cm³/mol. The second-order valence-electron chi connectivity index (χ2n) is 5.50. The minimum atomic E-state index is -3.58. The molecule has 1 fully saturated rings. The molecule has 1 aliphatic carbocycles. The van der Waals surface area contributed by atoms with Crippen LogP contribution in [0.5, 0.6) is 0 Å². The van der Waals surface area contributed by atoms with E-state index >= 15 is 0 Å². The van der Waals surface area contributed by atoms with Crippen molar-refractivity contribution in [2.75, 3.05) is 0 Å². The van der Waals surface area contributed by atoms with Crippen LogP contribution in [0.4, 0.5) is 0 Å². The summed E-state index contributed by atoms with van der Waals surface area (Å²) in [7, 11) is -3.58. The van der Waals surface area contributed by atoms with Crippen molar-refractivity contribution in [1.29, 1.82) is 0 Å². The Morgan fingerprint density at radius 1 is 1.25 bits per heavy atom. The highest BCUT2D eigenvalue weighted by Gasteiger charge is 2.26. The van der Waals surface area contributed by atoms with E-state index < -0.39 is 10.0 Å². The van der Waals surface area contributed by atoms with Crippen molar-refractivity contribution in [2.24, 2.45) is 5.73 Å². The maximum absolute atomic E-state index is 12.4. The fraction of sp³-hybridized carbons (Fsp3) is 0.769. The molecule has 0 saturated heterocycles. The van der Waals surface area contributed by atoms with Gasteiger partial charge in [-0.15, -0.1) is 0 Å². The number of hydrogen-bond acceptors (Lipinski definition) is 4. The molecule has 0 aromatic carbocycles. The van der Waals surface area contributed by atoms with Crippen LogP contribution in [0.3, 0.4) is 0 Å². The summed E-state index contributed by atoms with van der Waals surface area (Å²) in [4.78, 5) is 0. The summed E-state index contributed by atoms with van der Waals surface area (Å²) in [6, 6.07) is 0.0166. The monoisotopic (exact) mass is 300 g/mol. The number of nitrogens with zero attached hydrogens (tertiary/aromatic N) is 1. The van der Waals surface area contributed by atoms with Gasteiger partial charge >= 0.3 is 0 Å². The fourth-order valence-corrected chi connectivity index (χ4v) is 4.25. The minimum absolute atomic E-state index is 0.0166. The quantitative estimate of drug-likeness (QED) is 0.785. The van der Waals surface area contributed by atoms with Crippen molar-refractivity contribution in [1.82, 2.24) is 14.9 Å². The van der Waals surface area contributed by atoms with Gasteiger partial charge < -0.3 is 5.73 Å². The Kier molecular flexibility index (Phi) is 5.17. The van der Waals surface area contributed by atoms with E-state index in [0.717, 1.165) is 25.7 Å². The molecule has 6 nitrogen and oxygen atoms in total. The first kappa shape index (κ1) is 15.5. The molecule has 1 aromatic rings. The van der Waals surface area contributed by atoms with Crippen LogP contribution in [0, 0.1) is 6.92 Å². The summed E-state index contributed by atoms with van der Waals surface area (Å²) < 4.78 is 27.7. The van der Waals surface area contributed by atoms with Gasteiger partial charge in [-0.25, -0.2) is 13.1 Å². The van der Waals surface area contributed by atoms with Crippen LogP contribution in [0.15, 0.2) is 5.03 Å². The van der Waals surface area contributed by atoms with Crippen molar-refractivity contribution in [3.8, 4) is 0 Å². The number of aromatic amines is 1. The zero-order valence-corrected chi connectivity index (χ0v) is 12.8. The minimum Gasteiger partial charge on any atom is -0.326 e. The van der Waals surface area contributed by atoms with Crippen LogP contribution in [-0.2, 0) is 16.6 Å². The Morgan fingerprint density at radius 3 is 2.45 bits per heavy atom. The van der Waals surface area contributed by atoms with Crippen molar-refractivity contribution < 1.29 is 8.42 Å². The number of hydrogen-bond donors (Lipinski definition) is 3. The Morgan fingerprint density at radius 2 is 1.85 bits per heavy atom. The second kappa shape index (κ2) is 6.69. The zero-order valence-electron chi connectivity index (χ0n) is 12.0. The zero-order chi connectivity index (χ0) is 14.6. The highest BCUT2D eigenvalue weighted by Crippen LogP contribution is 2.20. The molecule has 0 spiro atoms. The molecule has 1 aromatic heterocycles. The van der Waals surface area contributed by atoms with Gasteiger partial charge in [0.15, 0.2) is 5.03 Å². The van der Waals surface area contributed by atoms with Gasteiger partial charge in [-0.05, 0) is 19.8 Å². The lowest BCUT2D eigenvalue weighted by Gasteiger charge is -2.20. The van der Waals surface area contributed by atoms with E-state index in [2.05, 4.69) is 14.9 Å². The molecule has 0 bridgehead atoms. The van der Waals surface area contributed by atoms with Gasteiger partial charge in [0.05, 0.1) is 0 Å². The molecule has 4 N–H and O–H groups in total. The lowest BCUT2D eigenvalue weighted by molar-refractivity contribution is 0.426. The average Bonchev–Trinajstić information content (AvgIpc) is 2.74. The van der Waals surface area contributed by atoms with Crippen LogP contribution in [0.1, 0.15) is 56.2 Å². The third-order valence-electron chi connectivity index (χ3n) is 3.92. The van der Waals surface area contributed by atoms with Crippen molar-refractivity contribution in [2.45, 2.75) is 69.5 Å². The van der Waals surface area contributed by atoms with E-state index in [0.29, 0.717) is 11.3 Å². The highest BCUT2D eigenvalue weighted by molar-refractivity contribution is 7.89. The Bertz CT molecular complexity index is 531. The SMILES string of the molecule is Cc1[nH]nc(S(=O)(=O)NC2CCCCCCC2)c1CN. The molecule has 0 aliphatic heterocycles. The number of H-pyrrole nitrogens is 1. The number of sulfonamides is 1. The van der Waals surface area contributed by atoms with Crippen molar-refractivity contribution >= 4 is 10.0 Å². The Labute approximate surface area is 120 Å². The maximum Gasteiger partial charge on any atom is 0.260 e. The van der Waals surface area contributed by atoms with Gasteiger partial charge in [0, 0.05) is 23.8 Å². The van der Waals surface area contributed by atoms with Gasteiger partial charge in [0.25, 0.3) is 10.0 Å². The number of nitrogens with one attached hydrogen (secondary N) is 2. The molecule has 0 unspecified atom stereocenters. The number of rotatable bonds is 4. The molecule has 7 heteroatoms. The lowest BCUT2D eigenvalue weighted by atomic mass is 9.97. The molecule has 20 heavy (non-hydrogen) atoms. The summed E-state index contributed by atoms with van der Waals surface area (Å²) in [6.45, 7) is 1.95. The van der Waals surface area contributed by atoms with Gasteiger partial charge in [-0.1, -0.05) is 32.1 Å². The van der Waals surface area contributed by atoms with Gasteiger partial charge in [0.2, 0.25) is 0 Å². The first-order chi connectivity index (χ1) is 9.54. The maximum atomic E-state index is 12.4. The van der Waals surface area contributed by atoms with E-state index in [1.165, 1.54) is 19.3 Å². The molecule has 1 aliphatic rings. The highest BCUT2D eigenvalue weighted by atomic mass is 32.2. The number of aromatic nitrogens is 2. The van der Waals surface area contributed by atoms with Crippen LogP contribution in [-0.4, -0.2) is 24.7 Å². The number of nitrogens with two attached hydrogens (primary N) is 1. The summed E-state index contributed by atoms with van der Waals surface area (Å²) in [5, 5.41) is 6.67. The molecule has 114 valence electrons. The molecular formula is C13H24N4O2S. The third kappa shape index (κ3) is 3.59. The molecular weight excluding hydrogens is 276 g/mol. The molecule has 2 rings (SSSR count). The average molecular weight is 300 g/mol. The summed E-state index contributed by atoms with van der Waals surface area (Å²) >= 11 is 0. The summed E-state index contributed by atoms with van der Waals surface area (Å²) in [5.74, 6) is 0. The summed E-state index contributed by atoms with van der Waals surface area (Å²) in [6.07, 6.45) is 7.60. The second-order valence-corrected chi connectivity index (χ2v) is 7.13. The van der Waals surface area contributed by atoms with Gasteiger partial charge in [-0.3, -0.25) is 5.10 Å². The summed E-state index contributed by atoms with van der Waals surface area (Å²) in [5.41, 5.74) is 6.91. The van der Waals surface area contributed by atoms with E-state index in [9.17, 15) is 8.42 Å². The van der Waals surface area contributed by atoms with Crippen molar-refractivity contribution in [3.05, 3.63) is 11.3 Å². The lowest BCUT2D eigenvalue weighted by Crippen LogP contribution is -2.36. The Balaban J connectivity index is 2.13. The first-order valence-corrected chi connectivity index (χ1v) is 8.79. The standard InChI is InChI=1S/C13H24N4O2S/c1-10-12(9-14)13(16-15-10)20(18,19)17-11-7-5-3-2-4-6-8-11/h11,17H,2-9,14H2,1H3,(H,15,16). The topological polar surface area (TPSA) is 101 Å². The first-order valence-electron chi connectivity index (χ1n) is 7.31. The molecule has 0 amide bonds. The van der Waals surface area contributed by atoms with Gasteiger partial charge in [-0.2, -0.15) is 5.10 Å². The normalized spacial score (nSPS) is 18.7. The van der Waals surface area contributed by atoms with Crippen LogP contribution in [0.2, 0.25) is 0 Å². The van der Waals surface area contributed by atoms with E-state index in [1.807, 2.05) is 0 Å². The fourth-order valence-electron chi connectivity index (χ4n) is 2.74. The van der Waals surface area contributed by atoms with Crippen LogP contribution in [0.25, 0.3) is 0 Å². The van der Waals surface area contributed by atoms with Gasteiger partial charge in [0.1, 0.15) is 0 Å². The molecule has 1 heterocycles. The molecule has 1 saturated carbocycles. The van der Waals surface area contributed by atoms with E-state index in [4.69, 9.17) is 5.73 Å².